The van der Waals surface area contributed by atoms with E-state index in [1.54, 1.807) is 6.07 Å². The van der Waals surface area contributed by atoms with Gasteiger partial charge in [-0.05, 0) is 24.4 Å². The monoisotopic (exact) mass is 291 g/mol. The molecule has 3 N–H and O–H groups in total. The molecule has 0 fully saturated rings. The number of rotatable bonds is 2. The Balaban J connectivity index is 1.81. The van der Waals surface area contributed by atoms with E-state index >= 15 is 0 Å². The van der Waals surface area contributed by atoms with Gasteiger partial charge < -0.3 is 4.42 Å². The van der Waals surface area contributed by atoms with Crippen molar-refractivity contribution in [2.24, 2.45) is 0 Å². The Hall–Kier alpha value is -2.81. The predicted molar refractivity (Wildman–Crippen MR) is 71.4 cm³/mol. The second kappa shape index (κ2) is 6.38. The maximum Gasteiger partial charge on any atom is 0.293 e. The summed E-state index contributed by atoms with van der Waals surface area (Å²) in [6, 6.07) is 3.05. The van der Waals surface area contributed by atoms with Gasteiger partial charge in [0, 0.05) is 12.4 Å². The standard InChI is InChI=1S/C11H9N5O3S/c17-9(7-6-12-3-4-13-7)15-16-11(20)14-10(18)8-2-1-5-19-8/h1-6H,(H,15,17)(H2,14,16,18,20). The van der Waals surface area contributed by atoms with Crippen LogP contribution in [0.25, 0.3) is 0 Å². The molecule has 0 atom stereocenters. The summed E-state index contributed by atoms with van der Waals surface area (Å²) in [7, 11) is 0. The first-order chi connectivity index (χ1) is 9.66. The van der Waals surface area contributed by atoms with Crippen LogP contribution >= 0.6 is 12.2 Å². The molecule has 20 heavy (non-hydrogen) atoms. The molecule has 9 heteroatoms. The molecule has 0 aromatic carbocycles. The summed E-state index contributed by atoms with van der Waals surface area (Å²) in [6.07, 6.45) is 5.48. The van der Waals surface area contributed by atoms with E-state index in [4.69, 9.17) is 16.6 Å². The number of carbonyl (C=O) groups is 2. The molecule has 102 valence electrons. The van der Waals surface area contributed by atoms with Gasteiger partial charge in [-0.15, -0.1) is 0 Å². The minimum absolute atomic E-state index is 0.0800. The fraction of sp³-hybridized carbons (Fsp3) is 0. The number of amides is 2. The molecule has 2 heterocycles. The molecule has 0 saturated heterocycles. The third-order valence-electron chi connectivity index (χ3n) is 2.06. The zero-order valence-electron chi connectivity index (χ0n) is 9.99. The molecule has 8 nitrogen and oxygen atoms in total. The highest BCUT2D eigenvalue weighted by molar-refractivity contribution is 7.80. The third kappa shape index (κ3) is 3.59. The summed E-state index contributed by atoms with van der Waals surface area (Å²) in [5.41, 5.74) is 4.75. The lowest BCUT2D eigenvalue weighted by atomic mass is 10.4. The number of nitrogens with zero attached hydrogens (tertiary/aromatic N) is 2. The first kappa shape index (κ1) is 13.6. The van der Waals surface area contributed by atoms with Gasteiger partial charge in [0.1, 0.15) is 5.69 Å². The van der Waals surface area contributed by atoms with Gasteiger partial charge in [0.15, 0.2) is 10.9 Å². The maximum absolute atomic E-state index is 11.6. The molecular weight excluding hydrogens is 282 g/mol. The highest BCUT2D eigenvalue weighted by Crippen LogP contribution is 1.98. The van der Waals surface area contributed by atoms with Gasteiger partial charge in [-0.1, -0.05) is 0 Å². The van der Waals surface area contributed by atoms with Crippen LogP contribution in [0.3, 0.4) is 0 Å². The van der Waals surface area contributed by atoms with Crippen molar-refractivity contribution < 1.29 is 14.0 Å². The van der Waals surface area contributed by atoms with E-state index in [0.29, 0.717) is 0 Å². The number of hydrogen-bond acceptors (Lipinski definition) is 6. The largest absolute Gasteiger partial charge is 0.459 e. The van der Waals surface area contributed by atoms with Crippen LogP contribution in [0, 0.1) is 0 Å². The summed E-state index contributed by atoms with van der Waals surface area (Å²) < 4.78 is 4.89. The average molecular weight is 291 g/mol. The average Bonchev–Trinajstić information content (AvgIpc) is 3.00. The SMILES string of the molecule is O=C(NNC(=S)NC(=O)c1ccco1)c1cnccn1. The summed E-state index contributed by atoms with van der Waals surface area (Å²) in [6.45, 7) is 0. The number of thiocarbonyl (C=S) groups is 1. The Labute approximate surface area is 118 Å². The van der Waals surface area contributed by atoms with Crippen molar-refractivity contribution >= 4 is 29.1 Å². The second-order valence-corrected chi connectivity index (χ2v) is 3.84. The zero-order chi connectivity index (χ0) is 14.4. The van der Waals surface area contributed by atoms with E-state index in [1.807, 2.05) is 0 Å². The van der Waals surface area contributed by atoms with Crippen LogP contribution in [-0.2, 0) is 0 Å². The van der Waals surface area contributed by atoms with Crippen molar-refractivity contribution in [2.45, 2.75) is 0 Å². The van der Waals surface area contributed by atoms with E-state index in [9.17, 15) is 9.59 Å². The molecule has 2 amide bonds. The highest BCUT2D eigenvalue weighted by Gasteiger charge is 2.11. The normalized spacial score (nSPS) is 9.60. The van der Waals surface area contributed by atoms with Crippen molar-refractivity contribution in [3.63, 3.8) is 0 Å². The Kier molecular flexibility index (Phi) is 4.35. The highest BCUT2D eigenvalue weighted by atomic mass is 32.1. The molecule has 0 aliphatic rings. The lowest BCUT2D eigenvalue weighted by molar-refractivity contribution is 0.0923. The summed E-state index contributed by atoms with van der Waals surface area (Å²) >= 11 is 4.84. The molecule has 2 aromatic rings. The van der Waals surface area contributed by atoms with E-state index < -0.39 is 11.8 Å². The topological polar surface area (TPSA) is 109 Å². The number of hydrazine groups is 1. The second-order valence-electron chi connectivity index (χ2n) is 3.43. The predicted octanol–water partition coefficient (Wildman–Crippen LogP) is 0.0189. The van der Waals surface area contributed by atoms with Gasteiger partial charge in [-0.25, -0.2) is 4.98 Å². The minimum atomic E-state index is -0.535. The van der Waals surface area contributed by atoms with Crippen LogP contribution < -0.4 is 16.2 Å². The lowest BCUT2D eigenvalue weighted by Crippen LogP contribution is -2.48. The minimum Gasteiger partial charge on any atom is -0.459 e. The number of carbonyl (C=O) groups excluding carboxylic acids is 2. The maximum atomic E-state index is 11.6. The van der Waals surface area contributed by atoms with Gasteiger partial charge in [-0.2, -0.15) is 0 Å². The van der Waals surface area contributed by atoms with E-state index in [-0.39, 0.29) is 16.6 Å². The van der Waals surface area contributed by atoms with Gasteiger partial charge >= 0.3 is 0 Å². The Bertz CT molecular complexity index is 614. The fourth-order valence-electron chi connectivity index (χ4n) is 1.20. The quantitative estimate of drug-likeness (QED) is 0.528. The Morgan fingerprint density at radius 1 is 1.20 bits per heavy atom. The van der Waals surface area contributed by atoms with E-state index in [2.05, 4.69) is 26.1 Å². The van der Waals surface area contributed by atoms with E-state index in [0.717, 1.165) is 0 Å². The molecule has 0 bridgehead atoms. The molecule has 0 aliphatic carbocycles. The Morgan fingerprint density at radius 2 is 2.05 bits per heavy atom. The lowest BCUT2D eigenvalue weighted by Gasteiger charge is -2.09. The Morgan fingerprint density at radius 3 is 2.70 bits per heavy atom. The third-order valence-corrected chi connectivity index (χ3v) is 2.26. The van der Waals surface area contributed by atoms with Crippen molar-refractivity contribution in [3.8, 4) is 0 Å². The molecule has 0 radical (unpaired) electrons. The van der Waals surface area contributed by atoms with Gasteiger partial charge in [-0.3, -0.25) is 30.7 Å². The van der Waals surface area contributed by atoms with Crippen LogP contribution in [0.15, 0.2) is 41.4 Å². The van der Waals surface area contributed by atoms with Crippen LogP contribution in [-0.4, -0.2) is 26.9 Å². The molecule has 0 unspecified atom stereocenters. The molecule has 0 aliphatic heterocycles. The number of aromatic nitrogens is 2. The first-order valence-electron chi connectivity index (χ1n) is 5.38. The summed E-state index contributed by atoms with van der Waals surface area (Å²) in [5.74, 6) is -0.955. The van der Waals surface area contributed by atoms with E-state index in [1.165, 1.54) is 30.9 Å². The van der Waals surface area contributed by atoms with Gasteiger partial charge in [0.2, 0.25) is 0 Å². The molecular formula is C11H9N5O3S. The van der Waals surface area contributed by atoms with Crippen molar-refractivity contribution in [1.29, 1.82) is 0 Å². The molecule has 2 rings (SSSR count). The fourth-order valence-corrected chi connectivity index (χ4v) is 1.34. The smallest absolute Gasteiger partial charge is 0.293 e. The summed E-state index contributed by atoms with van der Waals surface area (Å²) in [5, 5.41) is 2.25. The van der Waals surface area contributed by atoms with Crippen molar-refractivity contribution in [1.82, 2.24) is 26.1 Å². The van der Waals surface area contributed by atoms with Crippen molar-refractivity contribution in [2.75, 3.05) is 0 Å². The van der Waals surface area contributed by atoms with Crippen LogP contribution in [0.5, 0.6) is 0 Å². The van der Waals surface area contributed by atoms with Gasteiger partial charge in [0.25, 0.3) is 11.8 Å². The first-order valence-corrected chi connectivity index (χ1v) is 5.79. The number of furan rings is 1. The van der Waals surface area contributed by atoms with Crippen LogP contribution in [0.2, 0.25) is 0 Å². The molecule has 2 aromatic heterocycles. The molecule has 0 spiro atoms. The number of hydrogen-bond donors (Lipinski definition) is 3. The summed E-state index contributed by atoms with van der Waals surface area (Å²) in [4.78, 5) is 30.7. The molecule has 0 saturated carbocycles. The van der Waals surface area contributed by atoms with Crippen molar-refractivity contribution in [3.05, 3.63) is 48.4 Å². The van der Waals surface area contributed by atoms with Crippen LogP contribution in [0.4, 0.5) is 0 Å². The van der Waals surface area contributed by atoms with Crippen LogP contribution in [0.1, 0.15) is 21.0 Å². The van der Waals surface area contributed by atoms with Gasteiger partial charge in [0.05, 0.1) is 12.5 Å². The zero-order valence-corrected chi connectivity index (χ0v) is 10.8. The number of nitrogens with one attached hydrogen (secondary N) is 3.